The van der Waals surface area contributed by atoms with Crippen molar-refractivity contribution in [1.29, 1.82) is 0 Å². The zero-order valence-corrected chi connectivity index (χ0v) is 18.9. The summed E-state index contributed by atoms with van der Waals surface area (Å²) in [4.78, 5) is 2.30. The minimum absolute atomic E-state index is 0.324. The molecule has 0 spiro atoms. The van der Waals surface area contributed by atoms with E-state index < -0.39 is 0 Å². The van der Waals surface area contributed by atoms with Crippen LogP contribution in [0.25, 0.3) is 0 Å². The number of hydrogen-bond donors (Lipinski definition) is 1. The van der Waals surface area contributed by atoms with Crippen molar-refractivity contribution in [2.75, 3.05) is 4.90 Å². The molecule has 0 aliphatic rings. The lowest BCUT2D eigenvalue weighted by Crippen LogP contribution is -2.10. The Bertz CT molecular complexity index is 1050. The first-order valence-electron chi connectivity index (χ1n) is 11.4. The van der Waals surface area contributed by atoms with Crippen molar-refractivity contribution in [3.8, 4) is 5.75 Å². The van der Waals surface area contributed by atoms with Crippen LogP contribution in [0.15, 0.2) is 109 Å². The highest BCUT2D eigenvalue weighted by Crippen LogP contribution is 2.37. The summed E-state index contributed by atoms with van der Waals surface area (Å²) >= 11 is 0. The Kier molecular flexibility index (Phi) is 6.91. The van der Waals surface area contributed by atoms with Gasteiger partial charge in [-0.05, 0) is 84.3 Å². The molecule has 0 amide bonds. The average Bonchev–Trinajstić information content (AvgIpc) is 2.85. The Morgan fingerprint density at radius 2 is 1.09 bits per heavy atom. The molecular weight excluding hydrogens is 390 g/mol. The zero-order chi connectivity index (χ0) is 22.3. The first-order valence-corrected chi connectivity index (χ1v) is 11.4. The lowest BCUT2D eigenvalue weighted by Gasteiger charge is -2.26. The molecule has 0 saturated heterocycles. The first kappa shape index (κ1) is 21.7. The van der Waals surface area contributed by atoms with Gasteiger partial charge in [-0.2, -0.15) is 0 Å². The van der Waals surface area contributed by atoms with Crippen LogP contribution in [-0.2, 0) is 0 Å². The average molecular weight is 422 g/mol. The molecule has 0 heterocycles. The summed E-state index contributed by atoms with van der Waals surface area (Å²) < 4.78 is 0. The van der Waals surface area contributed by atoms with Gasteiger partial charge in [-0.15, -0.1) is 0 Å². The van der Waals surface area contributed by atoms with Crippen molar-refractivity contribution < 1.29 is 5.11 Å². The van der Waals surface area contributed by atoms with E-state index in [2.05, 4.69) is 104 Å². The van der Waals surface area contributed by atoms with Crippen molar-refractivity contribution >= 4 is 17.1 Å². The number of phenols is 1. The Hall–Kier alpha value is -3.52. The van der Waals surface area contributed by atoms with Crippen LogP contribution in [0, 0.1) is 0 Å². The van der Waals surface area contributed by atoms with Crippen LogP contribution >= 0.6 is 0 Å². The molecule has 2 heteroatoms. The van der Waals surface area contributed by atoms with Crippen LogP contribution in [0.2, 0.25) is 0 Å². The molecule has 4 rings (SSSR count). The highest BCUT2D eigenvalue weighted by molar-refractivity contribution is 5.76. The standard InChI is InChI=1S/C30H31NO/c1-3-24(22-23(2)25-16-20-30(32)21-17-25)26-14-18-29(19-15-26)31(27-10-6-4-7-11-27)28-12-8-5-9-13-28/h4-21,23-24,32H,3,22H2,1-2H3. The van der Waals surface area contributed by atoms with Crippen LogP contribution in [0.1, 0.15) is 49.7 Å². The molecule has 0 aliphatic heterocycles. The molecule has 2 unspecified atom stereocenters. The van der Waals surface area contributed by atoms with E-state index in [1.165, 1.54) is 11.1 Å². The number of rotatable bonds is 8. The van der Waals surface area contributed by atoms with Gasteiger partial charge in [-0.25, -0.2) is 0 Å². The number of hydrogen-bond acceptors (Lipinski definition) is 2. The predicted octanol–water partition coefficient (Wildman–Crippen LogP) is 8.55. The molecule has 0 bridgehead atoms. The van der Waals surface area contributed by atoms with E-state index in [4.69, 9.17) is 0 Å². The van der Waals surface area contributed by atoms with Gasteiger partial charge in [0.1, 0.15) is 5.75 Å². The Morgan fingerprint density at radius 1 is 0.625 bits per heavy atom. The summed E-state index contributed by atoms with van der Waals surface area (Å²) in [6, 6.07) is 37.7. The lowest BCUT2D eigenvalue weighted by molar-refractivity contribution is 0.474. The molecule has 0 saturated carbocycles. The summed E-state index contributed by atoms with van der Waals surface area (Å²) in [5, 5.41) is 9.58. The lowest BCUT2D eigenvalue weighted by atomic mass is 9.84. The van der Waals surface area contributed by atoms with E-state index in [0.717, 1.165) is 29.9 Å². The molecule has 162 valence electrons. The molecule has 32 heavy (non-hydrogen) atoms. The second-order valence-electron chi connectivity index (χ2n) is 8.43. The number of phenolic OH excluding ortho intramolecular Hbond substituents is 1. The second kappa shape index (κ2) is 10.2. The summed E-state index contributed by atoms with van der Waals surface area (Å²) in [5.41, 5.74) is 6.12. The summed E-state index contributed by atoms with van der Waals surface area (Å²) in [5.74, 6) is 1.25. The van der Waals surface area contributed by atoms with Crippen LogP contribution in [0.5, 0.6) is 5.75 Å². The molecular formula is C30H31NO. The number of para-hydroxylation sites is 2. The van der Waals surface area contributed by atoms with Crippen LogP contribution < -0.4 is 4.90 Å². The highest BCUT2D eigenvalue weighted by Gasteiger charge is 2.17. The van der Waals surface area contributed by atoms with Gasteiger partial charge in [0.15, 0.2) is 0 Å². The smallest absolute Gasteiger partial charge is 0.115 e. The summed E-state index contributed by atoms with van der Waals surface area (Å²) in [7, 11) is 0. The van der Waals surface area contributed by atoms with Crippen LogP contribution in [0.3, 0.4) is 0 Å². The zero-order valence-electron chi connectivity index (χ0n) is 18.9. The molecule has 2 nitrogen and oxygen atoms in total. The van der Waals surface area contributed by atoms with E-state index in [0.29, 0.717) is 17.6 Å². The summed E-state index contributed by atoms with van der Waals surface area (Å²) in [6.45, 7) is 4.54. The van der Waals surface area contributed by atoms with Gasteiger partial charge in [-0.1, -0.05) is 74.5 Å². The fourth-order valence-electron chi connectivity index (χ4n) is 4.40. The Balaban J connectivity index is 1.58. The van der Waals surface area contributed by atoms with Gasteiger partial charge < -0.3 is 10.0 Å². The van der Waals surface area contributed by atoms with Crippen LogP contribution in [-0.4, -0.2) is 5.11 Å². The second-order valence-corrected chi connectivity index (χ2v) is 8.43. The molecule has 0 aliphatic carbocycles. The van der Waals surface area contributed by atoms with Gasteiger partial charge in [0.05, 0.1) is 0 Å². The van der Waals surface area contributed by atoms with E-state index >= 15 is 0 Å². The quantitative estimate of drug-likeness (QED) is 0.308. The van der Waals surface area contributed by atoms with Crippen molar-refractivity contribution in [2.24, 2.45) is 0 Å². The van der Waals surface area contributed by atoms with Gasteiger partial charge in [0.25, 0.3) is 0 Å². The number of nitrogens with zero attached hydrogens (tertiary/aromatic N) is 1. The van der Waals surface area contributed by atoms with Gasteiger partial charge in [0.2, 0.25) is 0 Å². The highest BCUT2D eigenvalue weighted by atomic mass is 16.3. The Labute approximate surface area is 191 Å². The van der Waals surface area contributed by atoms with Crippen LogP contribution in [0.4, 0.5) is 17.1 Å². The SMILES string of the molecule is CCC(CC(C)c1ccc(O)cc1)c1ccc(N(c2ccccc2)c2ccccc2)cc1. The monoisotopic (exact) mass is 421 g/mol. The van der Waals surface area contributed by atoms with Gasteiger partial charge in [0, 0.05) is 17.1 Å². The number of benzene rings is 4. The van der Waals surface area contributed by atoms with Crippen molar-refractivity contribution in [1.82, 2.24) is 0 Å². The third-order valence-electron chi connectivity index (χ3n) is 6.24. The van der Waals surface area contributed by atoms with Crippen molar-refractivity contribution in [3.05, 3.63) is 120 Å². The maximum absolute atomic E-state index is 9.58. The Morgan fingerprint density at radius 3 is 1.59 bits per heavy atom. The van der Waals surface area contributed by atoms with Gasteiger partial charge in [-0.3, -0.25) is 0 Å². The van der Waals surface area contributed by atoms with E-state index in [1.54, 1.807) is 12.1 Å². The van der Waals surface area contributed by atoms with Crippen molar-refractivity contribution in [2.45, 2.75) is 38.5 Å². The minimum Gasteiger partial charge on any atom is -0.508 e. The first-order chi connectivity index (χ1) is 15.7. The fraction of sp³-hybridized carbons (Fsp3) is 0.200. The molecule has 0 aromatic heterocycles. The maximum Gasteiger partial charge on any atom is 0.115 e. The van der Waals surface area contributed by atoms with Gasteiger partial charge >= 0.3 is 0 Å². The predicted molar refractivity (Wildman–Crippen MR) is 135 cm³/mol. The van der Waals surface area contributed by atoms with E-state index in [1.807, 2.05) is 12.1 Å². The number of aromatic hydroxyl groups is 1. The largest absolute Gasteiger partial charge is 0.508 e. The fourth-order valence-corrected chi connectivity index (χ4v) is 4.40. The third-order valence-corrected chi connectivity index (χ3v) is 6.24. The topological polar surface area (TPSA) is 23.5 Å². The molecule has 0 fully saturated rings. The maximum atomic E-state index is 9.58. The molecule has 4 aromatic carbocycles. The normalized spacial score (nSPS) is 12.8. The molecule has 2 atom stereocenters. The third kappa shape index (κ3) is 5.03. The summed E-state index contributed by atoms with van der Waals surface area (Å²) in [6.07, 6.45) is 2.19. The van der Waals surface area contributed by atoms with E-state index in [-0.39, 0.29) is 0 Å². The number of anilines is 3. The molecule has 1 N–H and O–H groups in total. The molecule has 0 radical (unpaired) electrons. The van der Waals surface area contributed by atoms with Crippen molar-refractivity contribution in [3.63, 3.8) is 0 Å². The molecule has 4 aromatic rings. The minimum atomic E-state index is 0.324. The van der Waals surface area contributed by atoms with E-state index in [9.17, 15) is 5.11 Å².